The van der Waals surface area contributed by atoms with Gasteiger partial charge < -0.3 is 9.67 Å². The highest BCUT2D eigenvalue weighted by molar-refractivity contribution is 5.19. The molecule has 4 nitrogen and oxygen atoms in total. The molecule has 1 aromatic heterocycles. The van der Waals surface area contributed by atoms with E-state index in [-0.39, 0.29) is 11.8 Å². The number of hydrogen-bond donors (Lipinski definition) is 1. The molecule has 1 aromatic carbocycles. The zero-order valence-electron chi connectivity index (χ0n) is 14.3. The van der Waals surface area contributed by atoms with E-state index < -0.39 is 17.2 Å². The van der Waals surface area contributed by atoms with Gasteiger partial charge in [0.05, 0.1) is 0 Å². The molecular formula is C19H23F2N3O. The molecule has 2 unspecified atom stereocenters. The van der Waals surface area contributed by atoms with E-state index in [1.807, 2.05) is 17.8 Å². The average molecular weight is 347 g/mol. The fourth-order valence-electron chi connectivity index (χ4n) is 4.68. The molecular weight excluding hydrogens is 324 g/mol. The minimum absolute atomic E-state index is 0.103. The second-order valence-electron chi connectivity index (χ2n) is 7.45. The lowest BCUT2D eigenvalue weighted by Crippen LogP contribution is -2.58. The van der Waals surface area contributed by atoms with Crippen LogP contribution in [0.4, 0.5) is 8.78 Å². The van der Waals surface area contributed by atoms with Gasteiger partial charge in [0.25, 0.3) is 0 Å². The summed E-state index contributed by atoms with van der Waals surface area (Å²) in [4.78, 5) is 6.68. The van der Waals surface area contributed by atoms with Gasteiger partial charge in [-0.3, -0.25) is 4.90 Å². The van der Waals surface area contributed by atoms with Gasteiger partial charge in [-0.15, -0.1) is 0 Å². The fourth-order valence-corrected chi connectivity index (χ4v) is 4.68. The number of halogens is 2. The third-order valence-corrected chi connectivity index (χ3v) is 5.88. The summed E-state index contributed by atoms with van der Waals surface area (Å²) in [6, 6.07) is 4.08. The van der Waals surface area contributed by atoms with Gasteiger partial charge in [0, 0.05) is 50.9 Å². The predicted molar refractivity (Wildman–Crippen MR) is 89.6 cm³/mol. The summed E-state index contributed by atoms with van der Waals surface area (Å²) < 4.78 is 28.5. The zero-order valence-corrected chi connectivity index (χ0v) is 14.3. The Kier molecular flexibility index (Phi) is 4.12. The van der Waals surface area contributed by atoms with E-state index in [0.717, 1.165) is 43.7 Å². The molecule has 0 spiro atoms. The lowest BCUT2D eigenvalue weighted by molar-refractivity contribution is -0.155. The van der Waals surface area contributed by atoms with Crippen molar-refractivity contribution in [2.45, 2.75) is 31.4 Å². The zero-order chi connectivity index (χ0) is 17.6. The molecule has 2 fully saturated rings. The molecule has 1 aliphatic carbocycles. The average Bonchev–Trinajstić information content (AvgIpc) is 2.99. The smallest absolute Gasteiger partial charge is 0.159 e. The number of hydrogen-bond acceptors (Lipinski definition) is 3. The van der Waals surface area contributed by atoms with Crippen LogP contribution in [-0.2, 0) is 19.2 Å². The Morgan fingerprint density at radius 3 is 2.52 bits per heavy atom. The molecule has 2 aromatic rings. The highest BCUT2D eigenvalue weighted by Crippen LogP contribution is 2.48. The Hall–Kier alpha value is -1.79. The number of aromatic nitrogens is 2. The van der Waals surface area contributed by atoms with Gasteiger partial charge in [0.1, 0.15) is 11.4 Å². The first-order chi connectivity index (χ1) is 12.0. The number of fused-ring (bicyclic) bond motifs is 2. The summed E-state index contributed by atoms with van der Waals surface area (Å²) in [5.41, 5.74) is -0.138. The second-order valence-corrected chi connectivity index (χ2v) is 7.45. The van der Waals surface area contributed by atoms with Crippen molar-refractivity contribution in [3.8, 4) is 0 Å². The number of likely N-dealkylation sites (tertiary alicyclic amines) is 1. The van der Waals surface area contributed by atoms with Gasteiger partial charge in [-0.2, -0.15) is 0 Å². The standard InChI is InChI=1S/C19H23F2N3O/c1-23-8-7-22-18(23)19(25)14-3-2-4-15(19)12-24(11-14)10-13-5-6-16(20)17(21)9-13/h5-9,14-15,25H,2-4,10-12H2,1H3. The molecule has 134 valence electrons. The van der Waals surface area contributed by atoms with Gasteiger partial charge in [0.15, 0.2) is 11.6 Å². The van der Waals surface area contributed by atoms with Crippen molar-refractivity contribution in [3.05, 3.63) is 53.6 Å². The number of benzene rings is 1. The molecule has 1 saturated carbocycles. The van der Waals surface area contributed by atoms with E-state index in [4.69, 9.17) is 0 Å². The maximum atomic E-state index is 13.5. The summed E-state index contributed by atoms with van der Waals surface area (Å²) in [7, 11) is 1.92. The third-order valence-electron chi connectivity index (χ3n) is 5.88. The van der Waals surface area contributed by atoms with Crippen LogP contribution >= 0.6 is 0 Å². The van der Waals surface area contributed by atoms with E-state index in [0.29, 0.717) is 6.54 Å². The van der Waals surface area contributed by atoms with Crippen LogP contribution in [0.5, 0.6) is 0 Å². The van der Waals surface area contributed by atoms with E-state index in [9.17, 15) is 13.9 Å². The fraction of sp³-hybridized carbons (Fsp3) is 0.526. The minimum Gasteiger partial charge on any atom is -0.381 e. The molecule has 1 aliphatic heterocycles. The van der Waals surface area contributed by atoms with Crippen LogP contribution in [-0.4, -0.2) is 32.6 Å². The van der Waals surface area contributed by atoms with E-state index >= 15 is 0 Å². The van der Waals surface area contributed by atoms with Crippen LogP contribution in [0.25, 0.3) is 0 Å². The molecule has 0 amide bonds. The van der Waals surface area contributed by atoms with Crippen LogP contribution in [0.2, 0.25) is 0 Å². The van der Waals surface area contributed by atoms with Crippen molar-refractivity contribution in [3.63, 3.8) is 0 Å². The molecule has 4 rings (SSSR count). The summed E-state index contributed by atoms with van der Waals surface area (Å²) in [5, 5.41) is 11.5. The first-order valence-corrected chi connectivity index (χ1v) is 8.85. The van der Waals surface area contributed by atoms with Crippen LogP contribution < -0.4 is 0 Å². The normalized spacial score (nSPS) is 29.8. The number of aliphatic hydroxyl groups is 1. The quantitative estimate of drug-likeness (QED) is 0.928. The molecule has 2 atom stereocenters. The van der Waals surface area contributed by atoms with E-state index in [1.165, 1.54) is 12.1 Å². The Morgan fingerprint density at radius 2 is 1.92 bits per heavy atom. The van der Waals surface area contributed by atoms with Gasteiger partial charge >= 0.3 is 0 Å². The number of piperidine rings is 1. The largest absolute Gasteiger partial charge is 0.381 e. The number of aryl methyl sites for hydroxylation is 1. The lowest BCUT2D eigenvalue weighted by atomic mass is 9.65. The molecule has 25 heavy (non-hydrogen) atoms. The van der Waals surface area contributed by atoms with Crippen molar-refractivity contribution >= 4 is 0 Å². The molecule has 2 bridgehead atoms. The highest BCUT2D eigenvalue weighted by atomic mass is 19.2. The van der Waals surface area contributed by atoms with Crippen LogP contribution in [0.15, 0.2) is 30.6 Å². The Morgan fingerprint density at radius 1 is 1.20 bits per heavy atom. The van der Waals surface area contributed by atoms with Crippen molar-refractivity contribution in [1.82, 2.24) is 14.5 Å². The van der Waals surface area contributed by atoms with Crippen LogP contribution in [0.1, 0.15) is 30.7 Å². The molecule has 6 heteroatoms. The van der Waals surface area contributed by atoms with E-state index in [1.54, 1.807) is 12.3 Å². The van der Waals surface area contributed by atoms with Gasteiger partial charge in [-0.1, -0.05) is 12.5 Å². The number of nitrogens with zero attached hydrogens (tertiary/aromatic N) is 3. The van der Waals surface area contributed by atoms with Crippen LogP contribution in [0.3, 0.4) is 0 Å². The first kappa shape index (κ1) is 16.7. The van der Waals surface area contributed by atoms with Gasteiger partial charge in [-0.05, 0) is 30.5 Å². The Balaban J connectivity index is 1.57. The highest BCUT2D eigenvalue weighted by Gasteiger charge is 2.53. The van der Waals surface area contributed by atoms with Crippen molar-refractivity contribution < 1.29 is 13.9 Å². The second kappa shape index (κ2) is 6.18. The minimum atomic E-state index is -0.902. The SMILES string of the molecule is Cn1ccnc1C1(O)C2CCCC1CN(Cc1ccc(F)c(F)c1)C2. The lowest BCUT2D eigenvalue weighted by Gasteiger charge is -2.52. The summed E-state index contributed by atoms with van der Waals surface area (Å²) in [6.45, 7) is 2.04. The van der Waals surface area contributed by atoms with E-state index in [2.05, 4.69) is 9.88 Å². The van der Waals surface area contributed by atoms with Crippen molar-refractivity contribution in [2.75, 3.05) is 13.1 Å². The molecule has 0 radical (unpaired) electrons. The monoisotopic (exact) mass is 347 g/mol. The topological polar surface area (TPSA) is 41.3 Å². The predicted octanol–water partition coefficient (Wildman–Crippen LogP) is 2.82. The molecule has 1 N–H and O–H groups in total. The van der Waals surface area contributed by atoms with Crippen molar-refractivity contribution in [1.29, 1.82) is 0 Å². The first-order valence-electron chi connectivity index (χ1n) is 8.85. The Bertz CT molecular complexity index is 762. The number of rotatable bonds is 3. The molecule has 2 heterocycles. The van der Waals surface area contributed by atoms with Crippen LogP contribution in [0, 0.1) is 23.5 Å². The maximum Gasteiger partial charge on any atom is 0.159 e. The summed E-state index contributed by atoms with van der Waals surface area (Å²) in [6.07, 6.45) is 6.62. The maximum absolute atomic E-state index is 13.5. The van der Waals surface area contributed by atoms with Gasteiger partial charge in [0.2, 0.25) is 0 Å². The molecule has 2 aliphatic rings. The number of imidazole rings is 1. The summed E-state index contributed by atoms with van der Waals surface area (Å²) >= 11 is 0. The molecule has 1 saturated heterocycles. The van der Waals surface area contributed by atoms with Crippen molar-refractivity contribution in [2.24, 2.45) is 18.9 Å². The Labute approximate surface area is 146 Å². The third kappa shape index (κ3) is 2.77. The van der Waals surface area contributed by atoms with Gasteiger partial charge in [-0.25, -0.2) is 13.8 Å². The summed E-state index contributed by atoms with van der Waals surface area (Å²) in [5.74, 6) is -0.671.